The van der Waals surface area contributed by atoms with E-state index >= 15 is 0 Å². The number of carbonyl (C=O) groups is 2. The van der Waals surface area contributed by atoms with Crippen molar-refractivity contribution < 1.29 is 9.59 Å². The summed E-state index contributed by atoms with van der Waals surface area (Å²) in [5, 5.41) is 5.35. The zero-order valence-corrected chi connectivity index (χ0v) is 17.2. The van der Waals surface area contributed by atoms with Gasteiger partial charge in [0.15, 0.2) is 0 Å². The summed E-state index contributed by atoms with van der Waals surface area (Å²) in [6.45, 7) is 3.58. The van der Waals surface area contributed by atoms with E-state index in [9.17, 15) is 9.59 Å². The fraction of sp³-hybridized carbons (Fsp3) is 0.762. The summed E-state index contributed by atoms with van der Waals surface area (Å²) in [7, 11) is 0. The van der Waals surface area contributed by atoms with Gasteiger partial charge in [0.05, 0.1) is 17.2 Å². The molecule has 7 heteroatoms. The molecule has 152 valence electrons. The predicted octanol–water partition coefficient (Wildman–Crippen LogP) is 2.26. The summed E-state index contributed by atoms with van der Waals surface area (Å²) >= 11 is 1.65. The maximum absolute atomic E-state index is 12.8. The van der Waals surface area contributed by atoms with E-state index in [1.54, 1.807) is 11.3 Å². The van der Waals surface area contributed by atoms with Gasteiger partial charge in [-0.25, -0.2) is 4.98 Å². The lowest BCUT2D eigenvalue weighted by Crippen LogP contribution is -2.67. The Bertz CT molecular complexity index is 720. The van der Waals surface area contributed by atoms with Crippen LogP contribution in [0, 0.1) is 17.8 Å². The third-order valence-corrected chi connectivity index (χ3v) is 8.04. The summed E-state index contributed by atoms with van der Waals surface area (Å²) < 4.78 is 0. The maximum atomic E-state index is 12.8. The Morgan fingerprint density at radius 1 is 1.21 bits per heavy atom. The van der Waals surface area contributed by atoms with Crippen molar-refractivity contribution in [2.45, 2.75) is 63.6 Å². The van der Waals surface area contributed by atoms with E-state index < -0.39 is 0 Å². The van der Waals surface area contributed by atoms with E-state index in [2.05, 4.69) is 25.5 Å². The standard InChI is InChI=1S/C21H30N4O2S/c26-20-6-2-5-18-15-7-16(10-24(9-15)11-17-12-28-13-23-17)19(25(18)20)8-22-21(27)14-3-1-4-14/h12-16,18-19H,1-11H2,(H,22,27)/t15-,16+,18+,19+/m1/s1. The van der Waals surface area contributed by atoms with Crippen LogP contribution in [0.4, 0.5) is 0 Å². The first-order chi connectivity index (χ1) is 13.7. The number of nitrogens with zero attached hydrogens (tertiary/aromatic N) is 3. The lowest BCUT2D eigenvalue weighted by Gasteiger charge is -2.56. The minimum atomic E-state index is 0.149. The van der Waals surface area contributed by atoms with Crippen molar-refractivity contribution in [2.75, 3.05) is 19.6 Å². The van der Waals surface area contributed by atoms with Crippen LogP contribution in [0.15, 0.2) is 10.9 Å². The van der Waals surface area contributed by atoms with Gasteiger partial charge in [0.25, 0.3) is 0 Å². The molecule has 0 spiro atoms. The second-order valence-corrected chi connectivity index (χ2v) is 9.85. The van der Waals surface area contributed by atoms with E-state index in [1.165, 1.54) is 12.8 Å². The topological polar surface area (TPSA) is 65.5 Å². The van der Waals surface area contributed by atoms with Crippen LogP contribution in [0.2, 0.25) is 0 Å². The number of hydrogen-bond donors (Lipinski definition) is 1. The number of piperidine rings is 3. The molecule has 3 aliphatic heterocycles. The molecule has 1 N–H and O–H groups in total. The van der Waals surface area contributed by atoms with Crippen molar-refractivity contribution in [3.8, 4) is 0 Å². The fourth-order valence-corrected chi connectivity index (χ4v) is 6.38. The van der Waals surface area contributed by atoms with Gasteiger partial charge in [0.2, 0.25) is 11.8 Å². The van der Waals surface area contributed by atoms with Gasteiger partial charge in [-0.1, -0.05) is 6.42 Å². The molecule has 4 aliphatic rings. The molecule has 1 aromatic heterocycles. The summed E-state index contributed by atoms with van der Waals surface area (Å²) in [5.74, 6) is 1.71. The third kappa shape index (κ3) is 3.47. The molecule has 2 bridgehead atoms. The number of fused-ring (bicyclic) bond motifs is 4. The zero-order chi connectivity index (χ0) is 19.1. The first kappa shape index (κ1) is 18.6. The lowest BCUT2D eigenvalue weighted by atomic mass is 9.72. The molecule has 6 nitrogen and oxygen atoms in total. The van der Waals surface area contributed by atoms with Crippen molar-refractivity contribution in [3.05, 3.63) is 16.6 Å². The molecular formula is C21H30N4O2S. The van der Waals surface area contributed by atoms with Crippen LogP contribution in [0.3, 0.4) is 0 Å². The summed E-state index contributed by atoms with van der Waals surface area (Å²) in [6.07, 6.45) is 7.19. The maximum Gasteiger partial charge on any atom is 0.223 e. The number of amides is 2. The number of likely N-dealkylation sites (tertiary alicyclic amines) is 1. The molecule has 1 saturated carbocycles. The molecule has 28 heavy (non-hydrogen) atoms. The SMILES string of the molecule is O=C(NC[C@H]1[C@H]2C[C@H](CN(Cc3cscn3)C2)[C@@H]2CCCC(=O)N21)C1CCC1. The normalized spacial score (nSPS) is 33.3. The first-order valence-corrected chi connectivity index (χ1v) is 11.8. The smallest absolute Gasteiger partial charge is 0.223 e. The molecule has 4 fully saturated rings. The molecule has 0 radical (unpaired) electrons. The van der Waals surface area contributed by atoms with Crippen LogP contribution < -0.4 is 5.32 Å². The average molecular weight is 403 g/mol. The Kier molecular flexibility index (Phi) is 5.13. The largest absolute Gasteiger partial charge is 0.354 e. The summed E-state index contributed by atoms with van der Waals surface area (Å²) in [5.41, 5.74) is 3.05. The van der Waals surface area contributed by atoms with Crippen LogP contribution in [-0.4, -0.2) is 58.3 Å². The Hall–Kier alpha value is -1.47. The molecule has 1 aliphatic carbocycles. The fourth-order valence-electron chi connectivity index (χ4n) is 5.83. The van der Waals surface area contributed by atoms with E-state index in [0.29, 0.717) is 36.8 Å². The van der Waals surface area contributed by atoms with Crippen molar-refractivity contribution >= 4 is 23.2 Å². The molecule has 0 aromatic carbocycles. The van der Waals surface area contributed by atoms with Crippen molar-refractivity contribution in [1.82, 2.24) is 20.1 Å². The second-order valence-electron chi connectivity index (χ2n) is 9.13. The number of carbonyl (C=O) groups excluding carboxylic acids is 2. The predicted molar refractivity (Wildman–Crippen MR) is 108 cm³/mol. The highest BCUT2D eigenvalue weighted by Crippen LogP contribution is 2.41. The summed E-state index contributed by atoms with van der Waals surface area (Å²) in [4.78, 5) is 34.5. The monoisotopic (exact) mass is 402 g/mol. The molecule has 1 aromatic rings. The number of hydrogen-bond acceptors (Lipinski definition) is 5. The number of aromatic nitrogens is 1. The number of nitrogens with one attached hydrogen (secondary N) is 1. The Labute approximate surface area is 170 Å². The van der Waals surface area contributed by atoms with Gasteiger partial charge < -0.3 is 10.2 Å². The minimum absolute atomic E-state index is 0.149. The second kappa shape index (κ2) is 7.75. The Morgan fingerprint density at radius 3 is 2.82 bits per heavy atom. The first-order valence-electron chi connectivity index (χ1n) is 10.9. The summed E-state index contributed by atoms with van der Waals surface area (Å²) in [6, 6.07) is 0.498. The van der Waals surface area contributed by atoms with E-state index in [0.717, 1.165) is 51.0 Å². The third-order valence-electron chi connectivity index (χ3n) is 7.40. The van der Waals surface area contributed by atoms with Crippen LogP contribution in [-0.2, 0) is 16.1 Å². The molecule has 2 amide bonds. The van der Waals surface area contributed by atoms with Gasteiger partial charge in [0, 0.05) is 49.9 Å². The molecule has 3 saturated heterocycles. The highest BCUT2D eigenvalue weighted by molar-refractivity contribution is 7.07. The number of thiazole rings is 1. The van der Waals surface area contributed by atoms with Crippen molar-refractivity contribution in [3.63, 3.8) is 0 Å². The highest BCUT2D eigenvalue weighted by atomic mass is 32.1. The van der Waals surface area contributed by atoms with Gasteiger partial charge in [-0.2, -0.15) is 0 Å². The lowest BCUT2D eigenvalue weighted by molar-refractivity contribution is -0.153. The van der Waals surface area contributed by atoms with Crippen LogP contribution >= 0.6 is 11.3 Å². The van der Waals surface area contributed by atoms with Crippen molar-refractivity contribution in [2.24, 2.45) is 17.8 Å². The minimum Gasteiger partial charge on any atom is -0.354 e. The van der Waals surface area contributed by atoms with Gasteiger partial charge in [0.1, 0.15) is 0 Å². The van der Waals surface area contributed by atoms with Gasteiger partial charge in [-0.15, -0.1) is 11.3 Å². The van der Waals surface area contributed by atoms with Gasteiger partial charge >= 0.3 is 0 Å². The van der Waals surface area contributed by atoms with Crippen LogP contribution in [0.5, 0.6) is 0 Å². The Balaban J connectivity index is 1.32. The molecular weight excluding hydrogens is 372 g/mol. The zero-order valence-electron chi connectivity index (χ0n) is 16.4. The van der Waals surface area contributed by atoms with E-state index in [4.69, 9.17) is 0 Å². The average Bonchev–Trinajstić information content (AvgIpc) is 3.13. The molecule has 4 heterocycles. The van der Waals surface area contributed by atoms with Crippen LogP contribution in [0.1, 0.15) is 50.6 Å². The quantitative estimate of drug-likeness (QED) is 0.821. The number of rotatable bonds is 5. The molecule has 5 rings (SSSR count). The van der Waals surface area contributed by atoms with Crippen LogP contribution in [0.25, 0.3) is 0 Å². The van der Waals surface area contributed by atoms with Crippen molar-refractivity contribution in [1.29, 1.82) is 0 Å². The molecule has 0 unspecified atom stereocenters. The highest BCUT2D eigenvalue weighted by Gasteiger charge is 2.49. The Morgan fingerprint density at radius 2 is 2.07 bits per heavy atom. The van der Waals surface area contributed by atoms with Gasteiger partial charge in [-0.3, -0.25) is 14.5 Å². The van der Waals surface area contributed by atoms with E-state index in [-0.39, 0.29) is 17.9 Å². The van der Waals surface area contributed by atoms with Gasteiger partial charge in [-0.05, 0) is 43.9 Å². The molecule has 4 atom stereocenters. The van der Waals surface area contributed by atoms with E-state index in [1.807, 2.05) is 5.51 Å².